The van der Waals surface area contributed by atoms with Crippen LogP contribution in [0.15, 0.2) is 10.9 Å². The van der Waals surface area contributed by atoms with Crippen molar-refractivity contribution in [2.75, 3.05) is 0 Å². The van der Waals surface area contributed by atoms with Crippen molar-refractivity contribution in [1.29, 1.82) is 0 Å². The molecule has 0 unspecified atom stereocenters. The number of aryl methyl sites for hydroxylation is 1. The molecule has 1 heterocycles. The molecule has 0 atom stereocenters. The molecule has 1 aromatic rings. The van der Waals surface area contributed by atoms with Crippen LogP contribution in [0.4, 0.5) is 0 Å². The van der Waals surface area contributed by atoms with Crippen LogP contribution in [0.2, 0.25) is 0 Å². The summed E-state index contributed by atoms with van der Waals surface area (Å²) < 4.78 is 2.08. The Hall–Kier alpha value is -0.700. The lowest BCUT2D eigenvalue weighted by molar-refractivity contribution is 0.580. The van der Waals surface area contributed by atoms with E-state index >= 15 is 0 Å². The van der Waals surface area contributed by atoms with Gasteiger partial charge in [-0.25, -0.2) is 0 Å². The van der Waals surface area contributed by atoms with E-state index in [9.17, 15) is 4.79 Å². The summed E-state index contributed by atoms with van der Waals surface area (Å²) >= 11 is 4.27. The monoisotopic (exact) mass is 235 g/mol. The molecule has 0 saturated heterocycles. The van der Waals surface area contributed by atoms with E-state index in [0.717, 1.165) is 18.4 Å². The van der Waals surface area contributed by atoms with Crippen LogP contribution in [0, 0.1) is 0 Å². The second-order valence-corrected chi connectivity index (χ2v) is 5.23. The fourth-order valence-corrected chi connectivity index (χ4v) is 2.95. The van der Waals surface area contributed by atoms with Gasteiger partial charge in [-0.1, -0.05) is 0 Å². The normalized spacial score (nSPS) is 19.6. The topological polar surface area (TPSA) is 22.0 Å². The lowest BCUT2D eigenvalue weighted by Crippen LogP contribution is -2.28. The Morgan fingerprint density at radius 1 is 1.31 bits per heavy atom. The number of fused-ring (bicyclic) bond motifs is 1. The average molecular weight is 235 g/mol. The minimum absolute atomic E-state index is 0.221. The highest BCUT2D eigenvalue weighted by Crippen LogP contribution is 2.36. The summed E-state index contributed by atoms with van der Waals surface area (Å²) in [6.45, 7) is 0. The molecule has 0 amide bonds. The van der Waals surface area contributed by atoms with Crippen LogP contribution >= 0.6 is 12.6 Å². The molecule has 3 rings (SSSR count). The molecule has 86 valence electrons. The molecular weight excluding hydrogens is 218 g/mol. The van der Waals surface area contributed by atoms with E-state index in [1.165, 1.54) is 36.9 Å². The van der Waals surface area contributed by atoms with Crippen molar-refractivity contribution in [2.45, 2.75) is 50.3 Å². The third-order valence-electron chi connectivity index (χ3n) is 3.70. The fourth-order valence-electron chi connectivity index (χ4n) is 2.72. The number of nitrogens with zero attached hydrogens (tertiary/aromatic N) is 1. The van der Waals surface area contributed by atoms with Gasteiger partial charge in [0.2, 0.25) is 0 Å². The zero-order chi connectivity index (χ0) is 11.1. The molecule has 2 aliphatic carbocycles. The zero-order valence-electron chi connectivity index (χ0n) is 9.41. The van der Waals surface area contributed by atoms with Crippen molar-refractivity contribution in [3.63, 3.8) is 0 Å². The van der Waals surface area contributed by atoms with Crippen molar-refractivity contribution >= 4 is 12.6 Å². The second kappa shape index (κ2) is 3.95. The number of rotatable bonds is 2. The Labute approximate surface area is 101 Å². The minimum Gasteiger partial charge on any atom is -0.309 e. The summed E-state index contributed by atoms with van der Waals surface area (Å²) in [5.74, 6) is 0.568. The lowest BCUT2D eigenvalue weighted by Gasteiger charge is -2.22. The van der Waals surface area contributed by atoms with Gasteiger partial charge in [-0.05, 0) is 50.2 Å². The molecule has 0 N–H and O–H groups in total. The van der Waals surface area contributed by atoms with E-state index in [2.05, 4.69) is 23.3 Å². The van der Waals surface area contributed by atoms with Crippen molar-refractivity contribution in [3.05, 3.63) is 33.2 Å². The summed E-state index contributed by atoms with van der Waals surface area (Å²) in [6, 6.07) is 2.60. The first-order valence-corrected chi connectivity index (χ1v) is 6.81. The quantitative estimate of drug-likeness (QED) is 0.782. The number of thiol groups is 1. The van der Waals surface area contributed by atoms with Crippen LogP contribution in [-0.4, -0.2) is 4.57 Å². The highest BCUT2D eigenvalue weighted by molar-refractivity contribution is 7.79. The Bertz CT molecular complexity index is 474. The van der Waals surface area contributed by atoms with E-state index in [1.807, 2.05) is 0 Å². The molecule has 2 nitrogen and oxygen atoms in total. The Morgan fingerprint density at radius 2 is 2.06 bits per heavy atom. The molecule has 0 aromatic carbocycles. The number of pyridine rings is 1. The van der Waals surface area contributed by atoms with Gasteiger partial charge in [-0.2, -0.15) is 12.6 Å². The molecule has 1 fully saturated rings. The van der Waals surface area contributed by atoms with Crippen molar-refractivity contribution in [2.24, 2.45) is 0 Å². The van der Waals surface area contributed by atoms with Crippen molar-refractivity contribution < 1.29 is 0 Å². The van der Waals surface area contributed by atoms with Gasteiger partial charge >= 0.3 is 0 Å². The highest BCUT2D eigenvalue weighted by atomic mass is 32.1. The third kappa shape index (κ3) is 1.61. The second-order valence-electron chi connectivity index (χ2n) is 4.91. The van der Waals surface area contributed by atoms with E-state index < -0.39 is 0 Å². The smallest absolute Gasteiger partial charge is 0.255 e. The largest absolute Gasteiger partial charge is 0.309 e. The molecule has 3 heteroatoms. The van der Waals surface area contributed by atoms with Gasteiger partial charge in [0.15, 0.2) is 0 Å². The number of hydrogen-bond acceptors (Lipinski definition) is 2. The first kappa shape index (κ1) is 10.5. The van der Waals surface area contributed by atoms with Crippen LogP contribution in [0.3, 0.4) is 0 Å². The molecular formula is C13H17NOS. The van der Waals surface area contributed by atoms with Crippen LogP contribution in [0.1, 0.15) is 48.5 Å². The van der Waals surface area contributed by atoms with Gasteiger partial charge in [0.25, 0.3) is 5.56 Å². The maximum atomic E-state index is 12.3. The average Bonchev–Trinajstić information content (AvgIpc) is 3.12. The highest BCUT2D eigenvalue weighted by Gasteiger charge is 2.29. The standard InChI is InChI=1S/C13H17NOS/c15-13-10(8-16)7-9-3-1-2-4-12(9)14(13)11-5-6-11/h7,11,16H,1-6,8H2. The Kier molecular flexibility index (Phi) is 2.58. The van der Waals surface area contributed by atoms with Crippen LogP contribution in [-0.2, 0) is 18.6 Å². The van der Waals surface area contributed by atoms with Gasteiger partial charge in [0.05, 0.1) is 0 Å². The van der Waals surface area contributed by atoms with E-state index in [4.69, 9.17) is 0 Å². The molecule has 0 bridgehead atoms. The van der Waals surface area contributed by atoms with E-state index in [-0.39, 0.29) is 5.56 Å². The van der Waals surface area contributed by atoms with Gasteiger partial charge in [-0.3, -0.25) is 4.79 Å². The fraction of sp³-hybridized carbons (Fsp3) is 0.615. The molecule has 0 spiro atoms. The van der Waals surface area contributed by atoms with Crippen molar-refractivity contribution in [1.82, 2.24) is 4.57 Å². The van der Waals surface area contributed by atoms with E-state index in [1.54, 1.807) is 0 Å². The molecule has 0 aliphatic heterocycles. The van der Waals surface area contributed by atoms with Gasteiger partial charge in [0.1, 0.15) is 0 Å². The predicted molar refractivity (Wildman–Crippen MR) is 68.3 cm³/mol. The predicted octanol–water partition coefficient (Wildman–Crippen LogP) is 2.49. The number of hydrogen-bond donors (Lipinski definition) is 1. The number of aromatic nitrogens is 1. The Morgan fingerprint density at radius 3 is 2.75 bits per heavy atom. The summed E-state index contributed by atoms with van der Waals surface area (Å²) in [5.41, 5.74) is 3.83. The maximum absolute atomic E-state index is 12.3. The summed E-state index contributed by atoms with van der Waals surface area (Å²) in [7, 11) is 0. The maximum Gasteiger partial charge on any atom is 0.255 e. The molecule has 0 radical (unpaired) electrons. The van der Waals surface area contributed by atoms with Gasteiger partial charge in [0, 0.05) is 23.1 Å². The third-order valence-corrected chi connectivity index (χ3v) is 4.04. The summed E-state index contributed by atoms with van der Waals surface area (Å²) in [5, 5.41) is 0. The SMILES string of the molecule is O=c1c(CS)cc2c(n1C1CC1)CCCC2. The van der Waals surface area contributed by atoms with Gasteiger partial charge < -0.3 is 4.57 Å². The minimum atomic E-state index is 0.221. The first-order chi connectivity index (χ1) is 7.81. The first-order valence-electron chi connectivity index (χ1n) is 6.18. The molecule has 16 heavy (non-hydrogen) atoms. The Balaban J connectivity index is 2.21. The molecule has 2 aliphatic rings. The summed E-state index contributed by atoms with van der Waals surface area (Å²) in [6.07, 6.45) is 7.10. The lowest BCUT2D eigenvalue weighted by atomic mass is 9.94. The molecule has 1 saturated carbocycles. The van der Waals surface area contributed by atoms with E-state index in [0.29, 0.717) is 11.8 Å². The van der Waals surface area contributed by atoms with Crippen LogP contribution < -0.4 is 5.56 Å². The summed E-state index contributed by atoms with van der Waals surface area (Å²) in [4.78, 5) is 12.3. The van der Waals surface area contributed by atoms with Crippen LogP contribution in [0.5, 0.6) is 0 Å². The van der Waals surface area contributed by atoms with Crippen LogP contribution in [0.25, 0.3) is 0 Å². The molecule has 1 aromatic heterocycles. The van der Waals surface area contributed by atoms with Crippen molar-refractivity contribution in [3.8, 4) is 0 Å². The zero-order valence-corrected chi connectivity index (χ0v) is 10.3. The van der Waals surface area contributed by atoms with Gasteiger partial charge in [-0.15, -0.1) is 0 Å².